The molecule has 4 saturated carbocycles. The molecule has 2 N–H and O–H groups in total. The maximum atomic E-state index is 6.64. The summed E-state index contributed by atoms with van der Waals surface area (Å²) < 4.78 is 0. The van der Waals surface area contributed by atoms with Gasteiger partial charge in [-0.1, -0.05) is 37.1 Å². The molecule has 0 heterocycles. The van der Waals surface area contributed by atoms with Crippen molar-refractivity contribution in [3.63, 3.8) is 0 Å². The van der Waals surface area contributed by atoms with Crippen LogP contribution in [-0.2, 0) is 0 Å². The molecule has 1 heteroatoms. The quantitative estimate of drug-likeness (QED) is 0.555. The van der Waals surface area contributed by atoms with Gasteiger partial charge >= 0.3 is 0 Å². The summed E-state index contributed by atoms with van der Waals surface area (Å²) >= 11 is 0. The molecular formula is C25H37N. The lowest BCUT2D eigenvalue weighted by molar-refractivity contribution is -0.00905. The van der Waals surface area contributed by atoms with Gasteiger partial charge in [-0.15, -0.1) is 0 Å². The van der Waals surface area contributed by atoms with Crippen molar-refractivity contribution in [2.75, 3.05) is 0 Å². The van der Waals surface area contributed by atoms with Gasteiger partial charge < -0.3 is 5.73 Å². The van der Waals surface area contributed by atoms with Crippen LogP contribution in [0.3, 0.4) is 0 Å². The highest BCUT2D eigenvalue weighted by molar-refractivity contribution is 5.26. The minimum Gasteiger partial charge on any atom is -0.328 e. The van der Waals surface area contributed by atoms with Gasteiger partial charge in [0.15, 0.2) is 0 Å². The third kappa shape index (κ3) is 1.97. The van der Waals surface area contributed by atoms with Crippen LogP contribution in [-0.4, -0.2) is 6.04 Å². The Labute approximate surface area is 159 Å². The molecular weight excluding hydrogens is 314 g/mol. The van der Waals surface area contributed by atoms with Gasteiger partial charge in [0.2, 0.25) is 0 Å². The Bertz CT molecular complexity index is 620. The van der Waals surface area contributed by atoms with Gasteiger partial charge in [0.25, 0.3) is 0 Å². The Hall–Kier alpha value is -0.560. The van der Waals surface area contributed by atoms with Crippen molar-refractivity contribution < 1.29 is 0 Å². The highest BCUT2D eigenvalue weighted by Gasteiger charge is 2.71. The Morgan fingerprint density at radius 2 is 1.50 bits per heavy atom. The van der Waals surface area contributed by atoms with Crippen molar-refractivity contribution in [2.45, 2.75) is 76.7 Å². The number of nitrogens with two attached hydrogens (primary N) is 1. The topological polar surface area (TPSA) is 26.0 Å². The van der Waals surface area contributed by atoms with Gasteiger partial charge in [0, 0.05) is 6.04 Å². The average Bonchev–Trinajstić information content (AvgIpc) is 3.15. The molecule has 6 rings (SSSR count). The number of allylic oxidation sites excluding steroid dienone is 4. The van der Waals surface area contributed by atoms with E-state index in [-0.39, 0.29) is 0 Å². The Balaban J connectivity index is 1.53. The summed E-state index contributed by atoms with van der Waals surface area (Å²) in [7, 11) is 0. The molecule has 0 radical (unpaired) electrons. The van der Waals surface area contributed by atoms with Crippen LogP contribution in [0.25, 0.3) is 0 Å². The van der Waals surface area contributed by atoms with Crippen LogP contribution < -0.4 is 5.73 Å². The summed E-state index contributed by atoms with van der Waals surface area (Å²) in [5, 5.41) is 0. The normalized spacial score (nSPS) is 57.5. The second kappa shape index (κ2) is 5.97. The fourth-order valence-electron chi connectivity index (χ4n) is 9.88. The van der Waals surface area contributed by atoms with Gasteiger partial charge in [0.1, 0.15) is 0 Å². The lowest BCUT2D eigenvalue weighted by Crippen LogP contribution is -2.47. The lowest BCUT2D eigenvalue weighted by Gasteiger charge is -2.51. The van der Waals surface area contributed by atoms with E-state index in [2.05, 4.69) is 24.3 Å². The van der Waals surface area contributed by atoms with Crippen LogP contribution in [0.2, 0.25) is 0 Å². The molecule has 1 spiro atoms. The molecule has 10 atom stereocenters. The van der Waals surface area contributed by atoms with Gasteiger partial charge in [-0.2, -0.15) is 0 Å². The van der Waals surface area contributed by atoms with Crippen LogP contribution in [0.4, 0.5) is 0 Å². The van der Waals surface area contributed by atoms with Gasteiger partial charge in [0.05, 0.1) is 0 Å². The Morgan fingerprint density at radius 1 is 0.692 bits per heavy atom. The maximum Gasteiger partial charge on any atom is 0.00418 e. The van der Waals surface area contributed by atoms with Gasteiger partial charge in [-0.3, -0.25) is 0 Å². The van der Waals surface area contributed by atoms with Crippen molar-refractivity contribution in [3.8, 4) is 0 Å². The molecule has 0 saturated heterocycles. The van der Waals surface area contributed by atoms with E-state index in [0.29, 0.717) is 11.5 Å². The molecule has 6 aliphatic rings. The fourth-order valence-corrected chi connectivity index (χ4v) is 9.88. The molecule has 0 aliphatic heterocycles. The Morgan fingerprint density at radius 3 is 2.46 bits per heavy atom. The second-order valence-corrected chi connectivity index (χ2v) is 10.8. The summed E-state index contributed by atoms with van der Waals surface area (Å²) in [6.07, 6.45) is 26.3. The lowest BCUT2D eigenvalue weighted by atomic mass is 9.54. The molecule has 1 nitrogen and oxygen atoms in total. The van der Waals surface area contributed by atoms with E-state index in [1.165, 1.54) is 70.6 Å². The summed E-state index contributed by atoms with van der Waals surface area (Å²) in [5.74, 6) is 7.70. The average molecular weight is 352 g/mol. The summed E-state index contributed by atoms with van der Waals surface area (Å²) in [5.41, 5.74) is 7.25. The fraction of sp³-hybridized carbons (Fsp3) is 0.840. The maximum absolute atomic E-state index is 6.64. The first-order valence-electron chi connectivity index (χ1n) is 11.9. The van der Waals surface area contributed by atoms with Gasteiger partial charge in [-0.25, -0.2) is 0 Å². The highest BCUT2D eigenvalue weighted by Crippen LogP contribution is 2.76. The standard InChI is InChI=1S/C25H37N/c26-16-13-14-20-19-9-3-6-12-23(19)25(24(20)15-16)21-10-4-1-7-17(21)18-8-2-5-11-22(18)25/h1,5,7,11,16-24H,2-4,6,8-10,12-15,26H2. The smallest absolute Gasteiger partial charge is 0.00418 e. The van der Waals surface area contributed by atoms with Crippen LogP contribution in [0.1, 0.15) is 70.6 Å². The van der Waals surface area contributed by atoms with Crippen LogP contribution in [0.5, 0.6) is 0 Å². The molecule has 0 aromatic carbocycles. The van der Waals surface area contributed by atoms with Crippen LogP contribution >= 0.6 is 0 Å². The van der Waals surface area contributed by atoms with E-state index in [4.69, 9.17) is 5.73 Å². The van der Waals surface area contributed by atoms with E-state index in [9.17, 15) is 0 Å². The second-order valence-electron chi connectivity index (χ2n) is 10.8. The van der Waals surface area contributed by atoms with Crippen molar-refractivity contribution in [1.82, 2.24) is 0 Å². The summed E-state index contributed by atoms with van der Waals surface area (Å²) in [6.45, 7) is 0. The first-order valence-corrected chi connectivity index (χ1v) is 11.9. The molecule has 6 aliphatic carbocycles. The third-order valence-corrected chi connectivity index (χ3v) is 10.3. The molecule has 0 aromatic heterocycles. The van der Waals surface area contributed by atoms with Crippen molar-refractivity contribution in [1.29, 1.82) is 0 Å². The van der Waals surface area contributed by atoms with E-state index in [1.807, 2.05) is 0 Å². The monoisotopic (exact) mass is 351 g/mol. The van der Waals surface area contributed by atoms with E-state index in [0.717, 1.165) is 47.3 Å². The SMILES string of the molecule is NC1CCC2C3CCCCC3C3(C4C=CCCC4C4C=CCCC43)C2C1. The number of hydrogen-bond acceptors (Lipinski definition) is 1. The van der Waals surface area contributed by atoms with Gasteiger partial charge in [-0.05, 0) is 111 Å². The number of rotatable bonds is 0. The largest absolute Gasteiger partial charge is 0.328 e. The molecule has 26 heavy (non-hydrogen) atoms. The first kappa shape index (κ1) is 16.4. The molecule has 10 unspecified atom stereocenters. The molecule has 0 bridgehead atoms. The highest BCUT2D eigenvalue weighted by atomic mass is 14.8. The van der Waals surface area contributed by atoms with Crippen LogP contribution in [0, 0.1) is 52.8 Å². The third-order valence-electron chi connectivity index (χ3n) is 10.3. The van der Waals surface area contributed by atoms with Crippen LogP contribution in [0.15, 0.2) is 24.3 Å². The predicted octanol–water partition coefficient (Wildman–Crippen LogP) is 5.71. The summed E-state index contributed by atoms with van der Waals surface area (Å²) in [6, 6.07) is 0.484. The zero-order chi connectivity index (χ0) is 17.3. The van der Waals surface area contributed by atoms with Crippen molar-refractivity contribution in [3.05, 3.63) is 24.3 Å². The first-order chi connectivity index (χ1) is 12.8. The molecule has 4 fully saturated rings. The zero-order valence-corrected chi connectivity index (χ0v) is 16.4. The van der Waals surface area contributed by atoms with E-state index in [1.54, 1.807) is 0 Å². The summed E-state index contributed by atoms with van der Waals surface area (Å²) in [4.78, 5) is 0. The van der Waals surface area contributed by atoms with Crippen molar-refractivity contribution in [2.24, 2.45) is 58.5 Å². The predicted molar refractivity (Wildman–Crippen MR) is 107 cm³/mol. The molecule has 0 amide bonds. The molecule has 142 valence electrons. The van der Waals surface area contributed by atoms with Crippen molar-refractivity contribution >= 4 is 0 Å². The number of hydrogen-bond donors (Lipinski definition) is 1. The number of fused-ring (bicyclic) bond motifs is 10. The minimum absolute atomic E-state index is 0.484. The molecule has 0 aromatic rings. The van der Waals surface area contributed by atoms with E-state index < -0.39 is 0 Å². The zero-order valence-electron chi connectivity index (χ0n) is 16.4. The minimum atomic E-state index is 0.484. The van der Waals surface area contributed by atoms with E-state index >= 15 is 0 Å². The Kier molecular flexibility index (Phi) is 3.76.